The molecule has 1 amide bonds. The number of imidazole rings is 2. The van der Waals surface area contributed by atoms with Gasteiger partial charge >= 0.3 is 17.7 Å². The number of halogens is 3. The Labute approximate surface area is 841 Å². The first-order valence-electron chi connectivity index (χ1n) is 49.7. The lowest BCUT2D eigenvalue weighted by Gasteiger charge is -2.29. The Morgan fingerprint density at radius 2 is 0.841 bits per heavy atom. The fourth-order valence-corrected chi connectivity index (χ4v) is 18.1. The highest BCUT2D eigenvalue weighted by molar-refractivity contribution is 5.95. The third-order valence-corrected chi connectivity index (χ3v) is 27.3. The summed E-state index contributed by atoms with van der Waals surface area (Å²) in [5.74, 6) is 3.85. The van der Waals surface area contributed by atoms with E-state index in [0.29, 0.717) is 64.5 Å². The molecule has 748 valence electrons. The van der Waals surface area contributed by atoms with Crippen molar-refractivity contribution in [2.75, 3.05) is 32.1 Å². The van der Waals surface area contributed by atoms with E-state index in [1.54, 1.807) is 69.3 Å². The first-order valence-corrected chi connectivity index (χ1v) is 49.7. The van der Waals surface area contributed by atoms with E-state index in [2.05, 4.69) is 233 Å². The maximum atomic E-state index is 12.8. The molecule has 1 saturated heterocycles. The second kappa shape index (κ2) is 44.2. The summed E-state index contributed by atoms with van der Waals surface area (Å²) in [7, 11) is 11.5. The molecule has 0 atom stereocenters. The van der Waals surface area contributed by atoms with Gasteiger partial charge < -0.3 is 15.0 Å². The molecule has 5 aromatic carbocycles. The van der Waals surface area contributed by atoms with Gasteiger partial charge in [0.25, 0.3) is 11.5 Å². The molecule has 1 N–H and O–H groups in total. The van der Waals surface area contributed by atoms with Crippen LogP contribution < -0.4 is 27.0 Å². The molecular formula is C115H127F3N22O5. The van der Waals surface area contributed by atoms with Gasteiger partial charge in [0, 0.05) is 134 Å². The van der Waals surface area contributed by atoms with Gasteiger partial charge in [-0.2, -0.15) is 25.1 Å². The third kappa shape index (κ3) is 23.1. The minimum Gasteiger partial charge on any atom is -0.480 e. The quantitative estimate of drug-likeness (QED) is 0.0998. The molecule has 19 aromatic rings. The maximum Gasteiger partial charge on any atom is 0.505 e. The van der Waals surface area contributed by atoms with E-state index in [4.69, 9.17) is 4.74 Å². The van der Waals surface area contributed by atoms with E-state index in [1.807, 2.05) is 177 Å². The molecule has 27 nitrogen and oxygen atoms in total. The van der Waals surface area contributed by atoms with Gasteiger partial charge in [-0.3, -0.25) is 71.4 Å². The summed E-state index contributed by atoms with van der Waals surface area (Å²) in [6, 6.07) is 61.0. The largest absolute Gasteiger partial charge is 0.505 e. The molecule has 14 aromatic heterocycles. The zero-order valence-corrected chi connectivity index (χ0v) is 86.1. The molecule has 0 unspecified atom stereocenters. The Morgan fingerprint density at radius 1 is 0.379 bits per heavy atom. The van der Waals surface area contributed by atoms with Crippen LogP contribution in [0.1, 0.15) is 221 Å². The van der Waals surface area contributed by atoms with Crippen LogP contribution in [0.15, 0.2) is 265 Å². The number of piperidine rings is 1. The molecule has 0 spiro atoms. The van der Waals surface area contributed by atoms with E-state index in [0.717, 1.165) is 138 Å². The van der Waals surface area contributed by atoms with Crippen molar-refractivity contribution in [2.24, 2.45) is 35.2 Å². The molecule has 0 radical (unpaired) electrons. The zero-order valence-electron chi connectivity index (χ0n) is 86.1. The minimum atomic E-state index is -4.51. The van der Waals surface area contributed by atoms with Gasteiger partial charge in [0.05, 0.1) is 109 Å². The molecule has 2 aliphatic heterocycles. The molecule has 0 bridgehead atoms. The van der Waals surface area contributed by atoms with Gasteiger partial charge in [-0.1, -0.05) is 127 Å². The number of nitrogens with zero attached hydrogens (tertiary/aromatic N) is 21. The Balaban J connectivity index is 0.000000121. The van der Waals surface area contributed by atoms with Gasteiger partial charge in [-0.15, -0.1) is 13.2 Å². The average Bonchev–Trinajstić information content (AvgIpc) is 1.60. The molecule has 22 rings (SSSR count). The number of likely N-dealkylation sites (tertiary alicyclic amines) is 1. The number of aryl methyl sites for hydroxylation is 5. The van der Waals surface area contributed by atoms with Gasteiger partial charge in [0.1, 0.15) is 5.52 Å². The van der Waals surface area contributed by atoms with Crippen LogP contribution in [-0.4, -0.2) is 134 Å². The fourth-order valence-electron chi connectivity index (χ4n) is 18.1. The number of rotatable bonds is 15. The number of fused-ring (bicyclic) bond motifs is 7. The van der Waals surface area contributed by atoms with E-state index in [1.165, 1.54) is 75.8 Å². The molecule has 30 heteroatoms. The summed E-state index contributed by atoms with van der Waals surface area (Å²) < 4.78 is 58.6. The standard InChI is InChI=1S/C19H21N3.C17H25N3O.C17H19N3O.C16H14F3N3.C16H17N3O.C15H16N4.C15H15N3O2/c1-13(2)14-8-9-20-18(11-14)15-6-7-19-16(10-15)12-21-22(19)17-4-3-5-17;1-12(2)13-5-6-15-16(11-13)20(17(21)19(15)4)14-7-9-18(3)10-8-14;1-11(2)12-7-8-18-14(9-12)13-5-6-15-16(10-13)20(4)17(21)19(15)3;1-10(2)11-5-6-20-14(8-11)12-3-4-15-13(7-12)9-21-22(15)16(17,18)19;1-11(2)14-5-4-8-19(16(14)20)13-6-7-15-12(9-13)10-17-18(15)3;1-10(2)11-6-7-16-13(8-11)12-4-5-15-14(18-12)9-17-19(15)3;1-9(2)10-3-4-16-12(5-10)11-6-13-15(17-7-11)18-14(19)8-20-13/h6-13,17H,3-5H2,1-2H3;5-6,11-12,14H,7-10H2,1-4H3;5-11H,1-4H3;3-10H,1-2H3;4-11H,1-3H3;4-10H,1-3H3;3-7,9H,8H2,1-2H3,(H,17,18,19). The van der Waals surface area contributed by atoms with Crippen molar-refractivity contribution in [1.82, 2.24) is 102 Å². The van der Waals surface area contributed by atoms with Crippen LogP contribution in [0.25, 0.3) is 128 Å². The lowest BCUT2D eigenvalue weighted by atomic mass is 9.93. The summed E-state index contributed by atoms with van der Waals surface area (Å²) >= 11 is 0. The molecule has 3 aliphatic rings. The summed E-state index contributed by atoms with van der Waals surface area (Å²) in [5.41, 5.74) is 26.9. The SMILES string of the molecule is CC(C)c1ccc2c(c1)n(C1CCN(C)CC1)c(=O)n2C.CC(C)c1cccn(-c2ccc3c(cnn3C)c2)c1=O.CC(C)c1ccnc(-c2ccc3c(c2)n(C)c(=O)n3C)c1.CC(C)c1ccnc(-c2ccc3c(cnn3C(F)(F)F)c2)c1.CC(C)c1ccnc(-c2ccc3c(cnn3C)n2)c1.CC(C)c1ccnc(-c2ccc3c(cnn3C3CCC3)c2)c1.CC(C)c1ccnc(-c2cnc3c(c2)OCC(=O)N3)c1. The molecule has 145 heavy (non-hydrogen) atoms. The zero-order chi connectivity index (χ0) is 103. The van der Waals surface area contributed by atoms with Crippen LogP contribution in [0.5, 0.6) is 5.75 Å². The van der Waals surface area contributed by atoms with Crippen molar-refractivity contribution in [3.05, 3.63) is 320 Å². The van der Waals surface area contributed by atoms with E-state index in [-0.39, 0.29) is 45.6 Å². The first kappa shape index (κ1) is 102. The highest BCUT2D eigenvalue weighted by atomic mass is 19.4. The van der Waals surface area contributed by atoms with Crippen molar-refractivity contribution >= 4 is 77.5 Å². The third-order valence-electron chi connectivity index (χ3n) is 27.3. The van der Waals surface area contributed by atoms with E-state index >= 15 is 0 Å². The number of anilines is 1. The number of nitrogens with one attached hydrogen (secondary N) is 1. The van der Waals surface area contributed by atoms with Crippen LogP contribution in [-0.2, 0) is 46.3 Å². The predicted octanol–water partition coefficient (Wildman–Crippen LogP) is 24.0. The monoisotopic (exact) mass is 1950 g/mol. The predicted molar refractivity (Wildman–Crippen MR) is 573 cm³/mol. The average molecular weight is 1950 g/mol. The van der Waals surface area contributed by atoms with Crippen molar-refractivity contribution < 1.29 is 22.7 Å². The van der Waals surface area contributed by atoms with Gasteiger partial charge in [-0.05, 0) is 279 Å². The van der Waals surface area contributed by atoms with Gasteiger partial charge in [0.15, 0.2) is 18.2 Å². The Bertz CT molecular complexity index is 8070. The summed E-state index contributed by atoms with van der Waals surface area (Å²) in [5, 5.41) is 21.8. The number of pyridine rings is 8. The minimum absolute atomic E-state index is 0.00830. The number of aromatic nitrogens is 20. The lowest BCUT2D eigenvalue weighted by molar-refractivity contribution is -0.209. The van der Waals surface area contributed by atoms with Crippen LogP contribution in [0.2, 0.25) is 0 Å². The number of benzene rings is 5. The van der Waals surface area contributed by atoms with Crippen molar-refractivity contribution in [3.63, 3.8) is 0 Å². The number of hydrogen-bond acceptors (Lipinski definition) is 17. The molecule has 1 saturated carbocycles. The Morgan fingerprint density at radius 3 is 1.40 bits per heavy atom. The van der Waals surface area contributed by atoms with E-state index < -0.39 is 6.30 Å². The summed E-state index contributed by atoms with van der Waals surface area (Å²) in [6.45, 7) is 32.2. The van der Waals surface area contributed by atoms with Crippen molar-refractivity contribution in [1.29, 1.82) is 0 Å². The second-order valence-electron chi connectivity index (χ2n) is 39.7. The molecule has 1 aliphatic carbocycles. The van der Waals surface area contributed by atoms with Gasteiger partial charge in [-0.25, -0.2) is 19.6 Å². The van der Waals surface area contributed by atoms with Crippen LogP contribution >= 0.6 is 0 Å². The normalized spacial score (nSPS) is 13.4. The fraction of sp³-hybridized carbons (Fsp3) is 0.330. The Kier molecular flexibility index (Phi) is 31.2. The topological polar surface area (TPSA) is 279 Å². The highest BCUT2D eigenvalue weighted by Gasteiger charge is 2.34. The van der Waals surface area contributed by atoms with Crippen LogP contribution in [0.4, 0.5) is 19.0 Å². The summed E-state index contributed by atoms with van der Waals surface area (Å²) in [4.78, 5) is 81.6. The number of carbonyl (C=O) groups excluding carboxylic acids is 1. The lowest BCUT2D eigenvalue weighted by Crippen LogP contribution is -2.35. The van der Waals surface area contributed by atoms with Crippen LogP contribution in [0.3, 0.4) is 0 Å². The second-order valence-corrected chi connectivity index (χ2v) is 39.7. The molecular weight excluding hydrogens is 1830 g/mol. The number of hydrogen-bond donors (Lipinski definition) is 1. The maximum absolute atomic E-state index is 12.8. The van der Waals surface area contributed by atoms with Crippen LogP contribution in [0, 0.1) is 0 Å². The number of carbonyl (C=O) groups is 1. The van der Waals surface area contributed by atoms with Crippen molar-refractivity contribution in [2.45, 2.75) is 189 Å². The number of ether oxygens (including phenoxy) is 1. The molecule has 2 fully saturated rings. The molecule has 16 heterocycles. The van der Waals surface area contributed by atoms with E-state index in [9.17, 15) is 32.3 Å². The highest BCUT2D eigenvalue weighted by Crippen LogP contribution is 2.39. The van der Waals surface area contributed by atoms with Crippen molar-refractivity contribution in [3.8, 4) is 67.9 Å². The number of amides is 1. The number of alkyl halides is 3. The van der Waals surface area contributed by atoms with Gasteiger partial charge in [0.2, 0.25) is 0 Å². The smallest absolute Gasteiger partial charge is 0.480 e. The summed E-state index contributed by atoms with van der Waals surface area (Å²) in [6.07, 6.45) is 20.9. The Hall–Kier alpha value is -15.5. The first-order chi connectivity index (χ1) is 69.4.